The van der Waals surface area contributed by atoms with Crippen LogP contribution in [-0.4, -0.2) is 18.1 Å². The number of aryl methyl sites for hydroxylation is 1. The molecule has 15 heavy (non-hydrogen) atoms. The summed E-state index contributed by atoms with van der Waals surface area (Å²) in [5.74, 6) is 1.37. The molecule has 1 aromatic heterocycles. The third kappa shape index (κ3) is 2.57. The molecule has 0 saturated carbocycles. The zero-order valence-corrected chi connectivity index (χ0v) is 9.66. The molecule has 0 amide bonds. The normalized spacial score (nSPS) is 19.5. The van der Waals surface area contributed by atoms with Gasteiger partial charge in [0.05, 0.1) is 0 Å². The van der Waals surface area contributed by atoms with Gasteiger partial charge in [0.25, 0.3) is 0 Å². The van der Waals surface area contributed by atoms with Gasteiger partial charge in [-0.05, 0) is 36.9 Å². The number of pyridine rings is 1. The SMILES string of the molecule is CC(C)CNCC1CCc2cccnc21. The van der Waals surface area contributed by atoms with Crippen molar-refractivity contribution < 1.29 is 0 Å². The smallest absolute Gasteiger partial charge is 0.0479 e. The van der Waals surface area contributed by atoms with Gasteiger partial charge in [-0.2, -0.15) is 0 Å². The molecule has 1 aliphatic carbocycles. The lowest BCUT2D eigenvalue weighted by Crippen LogP contribution is -2.24. The monoisotopic (exact) mass is 204 g/mol. The van der Waals surface area contributed by atoms with Crippen LogP contribution < -0.4 is 5.32 Å². The molecule has 1 unspecified atom stereocenters. The second-order valence-electron chi connectivity index (χ2n) is 4.84. The van der Waals surface area contributed by atoms with Crippen LogP contribution in [0.15, 0.2) is 18.3 Å². The molecule has 82 valence electrons. The third-order valence-corrected chi connectivity index (χ3v) is 3.02. The van der Waals surface area contributed by atoms with Crippen molar-refractivity contribution in [1.82, 2.24) is 10.3 Å². The van der Waals surface area contributed by atoms with E-state index in [4.69, 9.17) is 0 Å². The summed E-state index contributed by atoms with van der Waals surface area (Å²) in [6.45, 7) is 6.68. The molecule has 2 nitrogen and oxygen atoms in total. The second kappa shape index (κ2) is 4.75. The first-order chi connectivity index (χ1) is 7.27. The Kier molecular flexibility index (Phi) is 3.37. The Hall–Kier alpha value is -0.890. The number of hydrogen-bond donors (Lipinski definition) is 1. The Morgan fingerprint density at radius 3 is 3.20 bits per heavy atom. The van der Waals surface area contributed by atoms with E-state index in [0.717, 1.165) is 19.0 Å². The molecule has 0 fully saturated rings. The number of rotatable bonds is 4. The van der Waals surface area contributed by atoms with E-state index >= 15 is 0 Å². The van der Waals surface area contributed by atoms with Crippen molar-refractivity contribution >= 4 is 0 Å². The van der Waals surface area contributed by atoms with Crippen LogP contribution in [0.3, 0.4) is 0 Å². The predicted octanol–water partition coefficient (Wildman–Crippen LogP) is 2.36. The van der Waals surface area contributed by atoms with Gasteiger partial charge in [-0.25, -0.2) is 0 Å². The van der Waals surface area contributed by atoms with E-state index in [0.29, 0.717) is 5.92 Å². The fourth-order valence-electron chi connectivity index (χ4n) is 2.24. The lowest BCUT2D eigenvalue weighted by atomic mass is 10.1. The van der Waals surface area contributed by atoms with Gasteiger partial charge in [0, 0.05) is 24.4 Å². The lowest BCUT2D eigenvalue weighted by molar-refractivity contribution is 0.510. The largest absolute Gasteiger partial charge is 0.316 e. The number of aromatic nitrogens is 1. The summed E-state index contributed by atoms with van der Waals surface area (Å²) in [6.07, 6.45) is 4.38. The minimum absolute atomic E-state index is 0.639. The van der Waals surface area contributed by atoms with Crippen LogP contribution in [0.2, 0.25) is 0 Å². The van der Waals surface area contributed by atoms with Crippen LogP contribution >= 0.6 is 0 Å². The van der Waals surface area contributed by atoms with Crippen LogP contribution in [0.4, 0.5) is 0 Å². The number of hydrogen-bond acceptors (Lipinski definition) is 2. The minimum atomic E-state index is 0.639. The maximum Gasteiger partial charge on any atom is 0.0479 e. The van der Waals surface area contributed by atoms with Crippen molar-refractivity contribution in [2.24, 2.45) is 5.92 Å². The molecule has 1 heterocycles. The summed E-state index contributed by atoms with van der Waals surface area (Å²) >= 11 is 0. The predicted molar refractivity (Wildman–Crippen MR) is 63.0 cm³/mol. The van der Waals surface area contributed by atoms with Gasteiger partial charge in [0.1, 0.15) is 0 Å². The standard InChI is InChI=1S/C13H20N2/c1-10(2)8-14-9-12-6-5-11-4-3-7-15-13(11)12/h3-4,7,10,12,14H,5-6,8-9H2,1-2H3. The zero-order chi connectivity index (χ0) is 10.7. The van der Waals surface area contributed by atoms with Gasteiger partial charge in [0.2, 0.25) is 0 Å². The molecule has 0 bridgehead atoms. The van der Waals surface area contributed by atoms with E-state index in [1.807, 2.05) is 12.3 Å². The summed E-state index contributed by atoms with van der Waals surface area (Å²) < 4.78 is 0. The first-order valence-electron chi connectivity index (χ1n) is 5.92. The van der Waals surface area contributed by atoms with Gasteiger partial charge in [-0.1, -0.05) is 19.9 Å². The van der Waals surface area contributed by atoms with E-state index in [1.165, 1.54) is 24.1 Å². The highest BCUT2D eigenvalue weighted by Crippen LogP contribution is 2.30. The molecule has 2 rings (SSSR count). The Morgan fingerprint density at radius 2 is 2.40 bits per heavy atom. The van der Waals surface area contributed by atoms with Crippen LogP contribution in [0.1, 0.15) is 37.4 Å². The number of nitrogens with zero attached hydrogens (tertiary/aromatic N) is 1. The fourth-order valence-corrected chi connectivity index (χ4v) is 2.24. The van der Waals surface area contributed by atoms with Crippen molar-refractivity contribution in [3.8, 4) is 0 Å². The van der Waals surface area contributed by atoms with Gasteiger partial charge >= 0.3 is 0 Å². The molecule has 1 atom stereocenters. The molecule has 2 heteroatoms. The minimum Gasteiger partial charge on any atom is -0.316 e. The quantitative estimate of drug-likeness (QED) is 0.814. The van der Waals surface area contributed by atoms with Crippen molar-refractivity contribution in [1.29, 1.82) is 0 Å². The molecule has 0 aromatic carbocycles. The molecule has 0 saturated heterocycles. The van der Waals surface area contributed by atoms with Crippen LogP contribution in [0, 0.1) is 5.92 Å². The van der Waals surface area contributed by atoms with E-state index in [1.54, 1.807) is 0 Å². The van der Waals surface area contributed by atoms with Gasteiger partial charge in [0.15, 0.2) is 0 Å². The summed E-state index contributed by atoms with van der Waals surface area (Å²) in [5.41, 5.74) is 2.78. The Bertz CT molecular complexity index is 320. The Morgan fingerprint density at radius 1 is 1.53 bits per heavy atom. The Balaban J connectivity index is 1.90. The van der Waals surface area contributed by atoms with Gasteiger partial charge in [-0.3, -0.25) is 4.98 Å². The van der Waals surface area contributed by atoms with Gasteiger partial charge in [-0.15, -0.1) is 0 Å². The second-order valence-corrected chi connectivity index (χ2v) is 4.84. The number of fused-ring (bicyclic) bond motifs is 1. The summed E-state index contributed by atoms with van der Waals surface area (Å²) in [4.78, 5) is 4.50. The highest BCUT2D eigenvalue weighted by molar-refractivity contribution is 5.28. The molecule has 0 aliphatic heterocycles. The Labute approximate surface area is 92.1 Å². The molecule has 1 N–H and O–H groups in total. The molecule has 0 spiro atoms. The van der Waals surface area contributed by atoms with E-state index in [9.17, 15) is 0 Å². The summed E-state index contributed by atoms with van der Waals surface area (Å²) in [7, 11) is 0. The van der Waals surface area contributed by atoms with Crippen LogP contribution in [-0.2, 0) is 6.42 Å². The maximum atomic E-state index is 4.50. The summed E-state index contributed by atoms with van der Waals surface area (Å²) in [5, 5.41) is 3.53. The molecule has 0 radical (unpaired) electrons. The highest BCUT2D eigenvalue weighted by Gasteiger charge is 2.22. The molecular formula is C13H20N2. The summed E-state index contributed by atoms with van der Waals surface area (Å²) in [6, 6.07) is 4.26. The molecular weight excluding hydrogens is 184 g/mol. The molecule has 1 aliphatic rings. The molecule has 1 aromatic rings. The van der Waals surface area contributed by atoms with E-state index < -0.39 is 0 Å². The average Bonchev–Trinajstić information content (AvgIpc) is 2.62. The average molecular weight is 204 g/mol. The maximum absolute atomic E-state index is 4.50. The van der Waals surface area contributed by atoms with Gasteiger partial charge < -0.3 is 5.32 Å². The third-order valence-electron chi connectivity index (χ3n) is 3.02. The van der Waals surface area contributed by atoms with E-state index in [-0.39, 0.29) is 0 Å². The van der Waals surface area contributed by atoms with Crippen LogP contribution in [0.25, 0.3) is 0 Å². The first kappa shape index (κ1) is 10.6. The highest BCUT2D eigenvalue weighted by atomic mass is 14.9. The fraction of sp³-hybridized carbons (Fsp3) is 0.615. The lowest BCUT2D eigenvalue weighted by Gasteiger charge is -2.13. The van der Waals surface area contributed by atoms with Crippen LogP contribution in [0.5, 0.6) is 0 Å². The van der Waals surface area contributed by atoms with Crippen molar-refractivity contribution in [2.45, 2.75) is 32.6 Å². The first-order valence-corrected chi connectivity index (χ1v) is 5.92. The topological polar surface area (TPSA) is 24.9 Å². The number of nitrogens with one attached hydrogen (secondary N) is 1. The van der Waals surface area contributed by atoms with Crippen molar-refractivity contribution in [2.75, 3.05) is 13.1 Å². The van der Waals surface area contributed by atoms with Crippen molar-refractivity contribution in [3.63, 3.8) is 0 Å². The van der Waals surface area contributed by atoms with E-state index in [2.05, 4.69) is 30.2 Å². The zero-order valence-electron chi connectivity index (χ0n) is 9.66. The van der Waals surface area contributed by atoms with Crippen molar-refractivity contribution in [3.05, 3.63) is 29.6 Å².